The predicted molar refractivity (Wildman–Crippen MR) is 150 cm³/mol. The van der Waals surface area contributed by atoms with Gasteiger partial charge in [0.1, 0.15) is 5.69 Å². The van der Waals surface area contributed by atoms with E-state index in [4.69, 9.17) is 10.7 Å². The van der Waals surface area contributed by atoms with Crippen molar-refractivity contribution < 1.29 is 13.2 Å². The number of rotatable bonds is 7. The van der Waals surface area contributed by atoms with E-state index in [1.807, 2.05) is 37.3 Å². The van der Waals surface area contributed by atoms with Gasteiger partial charge < -0.3 is 5.73 Å². The number of sulfonamides is 1. The molecule has 3 heterocycles. The quantitative estimate of drug-likeness (QED) is 0.390. The van der Waals surface area contributed by atoms with Crippen LogP contribution in [0.15, 0.2) is 78.7 Å². The SMILES string of the molecule is C=CS(=O)(=O)N1CCN(Cc2ccc(-c3nc4cc(C(N)=O)nc(C)c4cc3-c3ccccc3)cc2)CC1. The summed E-state index contributed by atoms with van der Waals surface area (Å²) in [6.07, 6.45) is 0. The number of hydrogen-bond acceptors (Lipinski definition) is 6. The van der Waals surface area contributed by atoms with E-state index in [1.165, 1.54) is 4.31 Å². The first-order valence-electron chi connectivity index (χ1n) is 12.4. The number of fused-ring (bicyclic) bond motifs is 1. The molecule has 38 heavy (non-hydrogen) atoms. The molecule has 0 saturated carbocycles. The van der Waals surface area contributed by atoms with Crippen LogP contribution in [0.5, 0.6) is 0 Å². The second-order valence-corrected chi connectivity index (χ2v) is 11.2. The summed E-state index contributed by atoms with van der Waals surface area (Å²) < 4.78 is 25.5. The number of nitrogens with two attached hydrogens (primary N) is 1. The van der Waals surface area contributed by atoms with Gasteiger partial charge in [-0.05, 0) is 30.2 Å². The highest BCUT2D eigenvalue weighted by Gasteiger charge is 2.24. The Morgan fingerprint density at radius 1 is 0.974 bits per heavy atom. The summed E-state index contributed by atoms with van der Waals surface area (Å²) in [6.45, 7) is 8.23. The van der Waals surface area contributed by atoms with Crippen molar-refractivity contribution in [3.8, 4) is 22.4 Å². The summed E-state index contributed by atoms with van der Waals surface area (Å²) in [4.78, 5) is 23.4. The average molecular weight is 528 g/mol. The minimum Gasteiger partial charge on any atom is -0.364 e. The highest BCUT2D eigenvalue weighted by molar-refractivity contribution is 7.92. The molecule has 8 nitrogen and oxygen atoms in total. The Bertz CT molecular complexity index is 1610. The van der Waals surface area contributed by atoms with Crippen molar-refractivity contribution in [2.75, 3.05) is 26.2 Å². The molecule has 2 aromatic carbocycles. The zero-order chi connectivity index (χ0) is 26.9. The van der Waals surface area contributed by atoms with Gasteiger partial charge in [0.2, 0.25) is 10.0 Å². The first-order valence-corrected chi connectivity index (χ1v) is 13.9. The van der Waals surface area contributed by atoms with Crippen LogP contribution in [0.3, 0.4) is 0 Å². The molecule has 5 rings (SSSR count). The molecular formula is C29H29N5O3S. The van der Waals surface area contributed by atoms with Crippen LogP contribution in [0, 0.1) is 6.92 Å². The zero-order valence-corrected chi connectivity index (χ0v) is 22.0. The van der Waals surface area contributed by atoms with Gasteiger partial charge in [0, 0.05) is 60.3 Å². The Hall–Kier alpha value is -3.92. The van der Waals surface area contributed by atoms with Gasteiger partial charge in [-0.1, -0.05) is 61.2 Å². The van der Waals surface area contributed by atoms with Gasteiger partial charge in [0.25, 0.3) is 5.91 Å². The Morgan fingerprint density at radius 2 is 1.66 bits per heavy atom. The fourth-order valence-electron chi connectivity index (χ4n) is 4.79. The predicted octanol–water partition coefficient (Wildman–Crippen LogP) is 3.96. The van der Waals surface area contributed by atoms with Gasteiger partial charge in [-0.15, -0.1) is 0 Å². The molecule has 0 unspecified atom stereocenters. The van der Waals surface area contributed by atoms with Crippen molar-refractivity contribution in [2.45, 2.75) is 13.5 Å². The van der Waals surface area contributed by atoms with E-state index in [0.717, 1.165) is 45.3 Å². The fourth-order valence-corrected chi connectivity index (χ4v) is 5.67. The molecule has 1 fully saturated rings. The second kappa shape index (κ2) is 10.4. The number of nitrogens with zero attached hydrogens (tertiary/aromatic N) is 4. The Balaban J connectivity index is 1.46. The van der Waals surface area contributed by atoms with Crippen molar-refractivity contribution in [3.05, 3.63) is 95.7 Å². The van der Waals surface area contributed by atoms with Gasteiger partial charge in [0.15, 0.2) is 0 Å². The van der Waals surface area contributed by atoms with Gasteiger partial charge in [-0.25, -0.2) is 18.4 Å². The fraction of sp³-hybridized carbons (Fsp3) is 0.207. The number of hydrogen-bond donors (Lipinski definition) is 1. The number of aryl methyl sites for hydroxylation is 1. The largest absolute Gasteiger partial charge is 0.364 e. The molecule has 1 aliphatic heterocycles. The zero-order valence-electron chi connectivity index (χ0n) is 21.2. The number of amides is 1. The van der Waals surface area contributed by atoms with Gasteiger partial charge in [-0.3, -0.25) is 9.69 Å². The molecule has 1 saturated heterocycles. The third-order valence-corrected chi connectivity index (χ3v) is 8.38. The number of carbonyl (C=O) groups excluding carboxylic acids is 1. The first kappa shape index (κ1) is 25.7. The maximum Gasteiger partial charge on any atom is 0.267 e. The van der Waals surface area contributed by atoms with Crippen molar-refractivity contribution in [1.82, 2.24) is 19.2 Å². The van der Waals surface area contributed by atoms with Crippen LogP contribution < -0.4 is 5.73 Å². The van der Waals surface area contributed by atoms with E-state index >= 15 is 0 Å². The molecule has 194 valence electrons. The minimum absolute atomic E-state index is 0.192. The van der Waals surface area contributed by atoms with E-state index in [1.54, 1.807) is 6.07 Å². The van der Waals surface area contributed by atoms with Crippen molar-refractivity contribution in [3.63, 3.8) is 0 Å². The minimum atomic E-state index is -3.37. The Morgan fingerprint density at radius 3 is 2.29 bits per heavy atom. The number of primary amides is 1. The maximum absolute atomic E-state index is 12.0. The van der Waals surface area contributed by atoms with Crippen LogP contribution in [-0.2, 0) is 16.6 Å². The highest BCUT2D eigenvalue weighted by Crippen LogP contribution is 2.34. The standard InChI is InChI=1S/C29H29N5O3S/c1-3-38(36,37)34-15-13-33(14-16-34)19-21-9-11-23(12-10-21)28-25(22-7-5-4-6-8-22)17-24-20(2)31-27(29(30)35)18-26(24)32-28/h3-12,17-18H,1,13-16,19H2,2H3,(H2,30,35). The summed E-state index contributed by atoms with van der Waals surface area (Å²) in [7, 11) is -3.37. The van der Waals surface area contributed by atoms with Crippen LogP contribution in [0.2, 0.25) is 0 Å². The number of pyridine rings is 2. The topological polar surface area (TPSA) is 109 Å². The van der Waals surface area contributed by atoms with Crippen LogP contribution in [0.25, 0.3) is 33.3 Å². The lowest BCUT2D eigenvalue weighted by Crippen LogP contribution is -2.47. The number of piperazine rings is 1. The van der Waals surface area contributed by atoms with E-state index < -0.39 is 15.9 Å². The number of aromatic nitrogens is 2. The van der Waals surface area contributed by atoms with Crippen molar-refractivity contribution >= 4 is 26.8 Å². The lowest BCUT2D eigenvalue weighted by molar-refractivity contribution is 0.0995. The molecule has 0 spiro atoms. The summed E-state index contributed by atoms with van der Waals surface area (Å²) in [5.74, 6) is -0.585. The average Bonchev–Trinajstić information content (AvgIpc) is 2.93. The maximum atomic E-state index is 12.0. The lowest BCUT2D eigenvalue weighted by atomic mass is 9.96. The van der Waals surface area contributed by atoms with Crippen LogP contribution in [0.4, 0.5) is 0 Å². The van der Waals surface area contributed by atoms with E-state index in [0.29, 0.717) is 37.4 Å². The van der Waals surface area contributed by atoms with E-state index in [-0.39, 0.29) is 5.69 Å². The van der Waals surface area contributed by atoms with E-state index in [2.05, 4.69) is 46.8 Å². The highest BCUT2D eigenvalue weighted by atomic mass is 32.2. The Kier molecular flexibility index (Phi) is 7.07. The summed E-state index contributed by atoms with van der Waals surface area (Å²) in [6, 6.07) is 22.0. The second-order valence-electron chi connectivity index (χ2n) is 9.36. The van der Waals surface area contributed by atoms with Crippen LogP contribution >= 0.6 is 0 Å². The molecule has 1 amide bonds. The van der Waals surface area contributed by atoms with Crippen molar-refractivity contribution in [1.29, 1.82) is 0 Å². The molecule has 1 aliphatic rings. The monoisotopic (exact) mass is 527 g/mol. The molecule has 0 atom stereocenters. The number of benzene rings is 2. The number of carbonyl (C=O) groups is 1. The summed E-state index contributed by atoms with van der Waals surface area (Å²) in [5, 5.41) is 1.88. The summed E-state index contributed by atoms with van der Waals surface area (Å²) in [5.41, 5.74) is 12.0. The van der Waals surface area contributed by atoms with Crippen LogP contribution in [-0.4, -0.2) is 59.7 Å². The molecule has 2 N–H and O–H groups in total. The normalized spacial score (nSPS) is 15.0. The third kappa shape index (κ3) is 5.22. The van der Waals surface area contributed by atoms with Gasteiger partial charge in [-0.2, -0.15) is 4.31 Å². The van der Waals surface area contributed by atoms with Gasteiger partial charge >= 0.3 is 0 Å². The van der Waals surface area contributed by atoms with Gasteiger partial charge in [0.05, 0.1) is 11.2 Å². The molecule has 0 bridgehead atoms. The molecule has 0 aliphatic carbocycles. The lowest BCUT2D eigenvalue weighted by Gasteiger charge is -2.33. The Labute approximate surface area is 222 Å². The van der Waals surface area contributed by atoms with Crippen molar-refractivity contribution in [2.24, 2.45) is 5.73 Å². The summed E-state index contributed by atoms with van der Waals surface area (Å²) >= 11 is 0. The molecule has 9 heteroatoms. The molecular weight excluding hydrogens is 498 g/mol. The molecule has 0 radical (unpaired) electrons. The molecule has 2 aromatic heterocycles. The molecule has 4 aromatic rings. The van der Waals surface area contributed by atoms with E-state index in [9.17, 15) is 13.2 Å². The first-order chi connectivity index (χ1) is 18.2. The van der Waals surface area contributed by atoms with Crippen LogP contribution in [0.1, 0.15) is 21.7 Å². The third-order valence-electron chi connectivity index (χ3n) is 6.88. The smallest absolute Gasteiger partial charge is 0.267 e.